The maximum Gasteiger partial charge on any atom is 0.224 e. The van der Waals surface area contributed by atoms with Crippen LogP contribution in [0.5, 0.6) is 5.75 Å². The standard InChI is InChI=1S/C29H35N5OS/c1-21(2)19-32-29-30-17-16-27(34-29)31-20-26-22(3)33-28(36-26)24-12-14-25(15-13-24)35-18-8-7-11-23-9-5-4-6-10-23/h4-6,9-10,12-17,21H,7-8,11,18-20H2,1-3H3,(H2,30,31,32,34). The van der Waals surface area contributed by atoms with Crippen molar-refractivity contribution in [3.8, 4) is 16.3 Å². The predicted molar refractivity (Wildman–Crippen MR) is 150 cm³/mol. The summed E-state index contributed by atoms with van der Waals surface area (Å²) in [5, 5.41) is 7.69. The highest BCUT2D eigenvalue weighted by molar-refractivity contribution is 7.15. The molecule has 0 radical (unpaired) electrons. The van der Waals surface area contributed by atoms with Gasteiger partial charge in [0.15, 0.2) is 0 Å². The summed E-state index contributed by atoms with van der Waals surface area (Å²) in [5.74, 6) is 2.89. The van der Waals surface area contributed by atoms with Gasteiger partial charge in [-0.1, -0.05) is 44.2 Å². The Morgan fingerprint density at radius 2 is 1.72 bits per heavy atom. The number of hydrogen-bond donors (Lipinski definition) is 2. The Bertz CT molecular complexity index is 1210. The van der Waals surface area contributed by atoms with Crippen molar-refractivity contribution < 1.29 is 4.74 Å². The molecule has 36 heavy (non-hydrogen) atoms. The molecule has 0 saturated heterocycles. The van der Waals surface area contributed by atoms with E-state index in [-0.39, 0.29) is 0 Å². The molecule has 2 aromatic heterocycles. The Morgan fingerprint density at radius 3 is 2.50 bits per heavy atom. The molecule has 0 spiro atoms. The quantitative estimate of drug-likeness (QED) is 0.192. The van der Waals surface area contributed by atoms with Crippen LogP contribution in [0.25, 0.3) is 10.6 Å². The zero-order valence-corrected chi connectivity index (χ0v) is 22.1. The van der Waals surface area contributed by atoms with Crippen molar-refractivity contribution >= 4 is 23.1 Å². The van der Waals surface area contributed by atoms with Gasteiger partial charge >= 0.3 is 0 Å². The molecule has 0 atom stereocenters. The molecule has 0 bridgehead atoms. The Balaban J connectivity index is 1.25. The van der Waals surface area contributed by atoms with Gasteiger partial charge in [-0.3, -0.25) is 0 Å². The van der Waals surface area contributed by atoms with E-state index in [1.807, 2.05) is 18.2 Å². The molecule has 0 saturated carbocycles. The van der Waals surface area contributed by atoms with Gasteiger partial charge in [0.05, 0.1) is 18.8 Å². The third kappa shape index (κ3) is 7.78. The van der Waals surface area contributed by atoms with Gasteiger partial charge in [0.2, 0.25) is 5.95 Å². The molecule has 0 amide bonds. The molecule has 4 aromatic rings. The van der Waals surface area contributed by atoms with E-state index in [0.29, 0.717) is 18.4 Å². The second-order valence-corrected chi connectivity index (χ2v) is 10.3. The van der Waals surface area contributed by atoms with Crippen LogP contribution < -0.4 is 15.4 Å². The van der Waals surface area contributed by atoms with Gasteiger partial charge in [-0.2, -0.15) is 4.98 Å². The largest absolute Gasteiger partial charge is 0.494 e. The molecule has 2 aromatic carbocycles. The van der Waals surface area contributed by atoms with E-state index in [1.54, 1.807) is 17.5 Å². The number of ether oxygens (including phenoxy) is 1. The number of aryl methyl sites for hydroxylation is 2. The number of unbranched alkanes of at least 4 members (excludes halogenated alkanes) is 1. The van der Waals surface area contributed by atoms with Crippen LogP contribution in [0, 0.1) is 12.8 Å². The van der Waals surface area contributed by atoms with Crippen LogP contribution in [0.15, 0.2) is 66.9 Å². The average Bonchev–Trinajstić information content (AvgIpc) is 3.27. The maximum atomic E-state index is 5.95. The van der Waals surface area contributed by atoms with E-state index in [9.17, 15) is 0 Å². The van der Waals surface area contributed by atoms with Crippen LogP contribution in [0.1, 0.15) is 42.8 Å². The van der Waals surface area contributed by atoms with Gasteiger partial charge < -0.3 is 15.4 Å². The molecule has 2 N–H and O–H groups in total. The number of nitrogens with zero attached hydrogens (tertiary/aromatic N) is 3. The number of benzene rings is 2. The summed E-state index contributed by atoms with van der Waals surface area (Å²) in [4.78, 5) is 14.8. The third-order valence-electron chi connectivity index (χ3n) is 5.72. The average molecular weight is 502 g/mol. The number of thiazole rings is 1. The summed E-state index contributed by atoms with van der Waals surface area (Å²) < 4.78 is 5.95. The Labute approximate surface area is 218 Å². The smallest absolute Gasteiger partial charge is 0.224 e. The van der Waals surface area contributed by atoms with Crippen molar-refractivity contribution in [3.05, 3.63) is 83.0 Å². The lowest BCUT2D eigenvalue weighted by molar-refractivity contribution is 0.307. The fourth-order valence-corrected chi connectivity index (χ4v) is 4.69. The summed E-state index contributed by atoms with van der Waals surface area (Å²) in [7, 11) is 0. The van der Waals surface area contributed by atoms with E-state index >= 15 is 0 Å². The first-order valence-electron chi connectivity index (χ1n) is 12.6. The van der Waals surface area contributed by atoms with Gasteiger partial charge in [-0.15, -0.1) is 11.3 Å². The van der Waals surface area contributed by atoms with E-state index in [0.717, 1.165) is 60.2 Å². The molecular formula is C29H35N5OS. The molecule has 0 aliphatic carbocycles. The van der Waals surface area contributed by atoms with Crippen LogP contribution >= 0.6 is 11.3 Å². The van der Waals surface area contributed by atoms with Crippen molar-refractivity contribution in [2.75, 3.05) is 23.8 Å². The molecule has 188 valence electrons. The summed E-state index contributed by atoms with van der Waals surface area (Å²) in [6, 6.07) is 20.7. The first-order valence-corrected chi connectivity index (χ1v) is 13.4. The third-order valence-corrected chi connectivity index (χ3v) is 6.93. The van der Waals surface area contributed by atoms with Crippen LogP contribution in [-0.4, -0.2) is 28.1 Å². The maximum absolute atomic E-state index is 5.95. The molecule has 2 heterocycles. The van der Waals surface area contributed by atoms with Crippen molar-refractivity contribution in [3.63, 3.8) is 0 Å². The second-order valence-electron chi connectivity index (χ2n) is 9.24. The van der Waals surface area contributed by atoms with Crippen molar-refractivity contribution in [1.82, 2.24) is 15.0 Å². The molecule has 0 aliphatic rings. The molecule has 7 heteroatoms. The molecular weight excluding hydrogens is 466 g/mol. The monoisotopic (exact) mass is 501 g/mol. The molecule has 6 nitrogen and oxygen atoms in total. The van der Waals surface area contributed by atoms with Crippen LogP contribution in [0.2, 0.25) is 0 Å². The topological polar surface area (TPSA) is 72.0 Å². The van der Waals surface area contributed by atoms with Crippen LogP contribution in [0.4, 0.5) is 11.8 Å². The Hall–Kier alpha value is -3.45. The minimum absolute atomic E-state index is 0.536. The van der Waals surface area contributed by atoms with Gasteiger partial charge in [-0.05, 0) is 68.0 Å². The number of anilines is 2. The first kappa shape index (κ1) is 25.6. The van der Waals surface area contributed by atoms with Gasteiger partial charge in [0, 0.05) is 23.2 Å². The summed E-state index contributed by atoms with van der Waals surface area (Å²) in [5.41, 5.74) is 3.53. The van der Waals surface area contributed by atoms with E-state index in [2.05, 4.69) is 83.8 Å². The number of rotatable bonds is 13. The van der Waals surface area contributed by atoms with E-state index in [4.69, 9.17) is 9.72 Å². The highest BCUT2D eigenvalue weighted by Gasteiger charge is 2.10. The number of aromatic nitrogens is 3. The number of hydrogen-bond acceptors (Lipinski definition) is 7. The van der Waals surface area contributed by atoms with E-state index < -0.39 is 0 Å². The molecule has 0 unspecified atom stereocenters. The summed E-state index contributed by atoms with van der Waals surface area (Å²) >= 11 is 1.70. The zero-order valence-electron chi connectivity index (χ0n) is 21.3. The number of nitrogens with one attached hydrogen (secondary N) is 2. The Kier molecular flexibility index (Phi) is 9.27. The predicted octanol–water partition coefficient (Wildman–Crippen LogP) is 6.99. The highest BCUT2D eigenvalue weighted by atomic mass is 32.1. The zero-order chi connectivity index (χ0) is 25.2. The van der Waals surface area contributed by atoms with Crippen LogP contribution in [0.3, 0.4) is 0 Å². The molecule has 0 aliphatic heterocycles. The van der Waals surface area contributed by atoms with Gasteiger partial charge in [-0.25, -0.2) is 9.97 Å². The SMILES string of the molecule is Cc1nc(-c2ccc(OCCCCc3ccccc3)cc2)sc1CNc1ccnc(NCC(C)C)n1. The molecule has 4 rings (SSSR count). The van der Waals surface area contributed by atoms with Crippen LogP contribution in [-0.2, 0) is 13.0 Å². The lowest BCUT2D eigenvalue weighted by Crippen LogP contribution is -2.11. The highest BCUT2D eigenvalue weighted by Crippen LogP contribution is 2.29. The summed E-state index contributed by atoms with van der Waals surface area (Å²) in [6.07, 6.45) is 5.04. The van der Waals surface area contributed by atoms with Crippen molar-refractivity contribution in [2.45, 2.75) is 46.6 Å². The first-order chi connectivity index (χ1) is 17.6. The fraction of sp³-hybridized carbons (Fsp3) is 0.345. The lowest BCUT2D eigenvalue weighted by atomic mass is 10.1. The minimum Gasteiger partial charge on any atom is -0.494 e. The minimum atomic E-state index is 0.536. The normalized spacial score (nSPS) is 11.0. The second kappa shape index (κ2) is 13.0. The molecule has 0 fully saturated rings. The van der Waals surface area contributed by atoms with Crippen molar-refractivity contribution in [1.29, 1.82) is 0 Å². The van der Waals surface area contributed by atoms with Crippen molar-refractivity contribution in [2.24, 2.45) is 5.92 Å². The summed E-state index contributed by atoms with van der Waals surface area (Å²) in [6.45, 7) is 8.63. The van der Waals surface area contributed by atoms with E-state index in [1.165, 1.54) is 10.4 Å². The Morgan fingerprint density at radius 1 is 0.917 bits per heavy atom. The van der Waals surface area contributed by atoms with Gasteiger partial charge in [0.25, 0.3) is 0 Å². The lowest BCUT2D eigenvalue weighted by Gasteiger charge is -2.09. The fourth-order valence-electron chi connectivity index (χ4n) is 3.68. The van der Waals surface area contributed by atoms with Gasteiger partial charge in [0.1, 0.15) is 16.6 Å².